The van der Waals surface area contributed by atoms with Gasteiger partial charge >= 0.3 is 0 Å². The Morgan fingerprint density at radius 1 is 1.47 bits per heavy atom. The molecule has 0 aromatic heterocycles. The third-order valence-corrected chi connectivity index (χ3v) is 2.78. The lowest BCUT2D eigenvalue weighted by atomic mass is 9.86. The maximum absolute atomic E-state index is 11.6. The van der Waals surface area contributed by atoms with Gasteiger partial charge in [-0.2, -0.15) is 0 Å². The fraction of sp³-hybridized carbons (Fsp3) is 0.917. The lowest BCUT2D eigenvalue weighted by Crippen LogP contribution is -2.50. The van der Waals surface area contributed by atoms with Crippen molar-refractivity contribution < 1.29 is 9.53 Å². The number of nitrogens with zero attached hydrogens (tertiary/aromatic N) is 1. The molecule has 0 radical (unpaired) electrons. The largest absolute Gasteiger partial charge is 0.383 e. The fourth-order valence-electron chi connectivity index (χ4n) is 1.88. The van der Waals surface area contributed by atoms with Crippen LogP contribution in [0.2, 0.25) is 0 Å². The van der Waals surface area contributed by atoms with Crippen LogP contribution in [-0.4, -0.2) is 57.2 Å². The van der Waals surface area contributed by atoms with E-state index in [1.807, 2.05) is 11.9 Å². The number of carbonyl (C=O) groups is 1. The zero-order chi connectivity index (χ0) is 13.5. The van der Waals surface area contributed by atoms with Crippen LogP contribution in [0.5, 0.6) is 0 Å². The van der Waals surface area contributed by atoms with Crippen molar-refractivity contribution in [2.24, 2.45) is 11.1 Å². The van der Waals surface area contributed by atoms with Crippen LogP contribution < -0.4 is 11.1 Å². The van der Waals surface area contributed by atoms with E-state index < -0.39 is 0 Å². The second-order valence-electron chi connectivity index (χ2n) is 5.38. The number of rotatable bonds is 7. The molecule has 0 aliphatic rings. The van der Waals surface area contributed by atoms with Crippen molar-refractivity contribution in [2.45, 2.75) is 26.8 Å². The molecule has 17 heavy (non-hydrogen) atoms. The van der Waals surface area contributed by atoms with Gasteiger partial charge in [-0.05, 0) is 12.5 Å². The Bertz CT molecular complexity index is 226. The van der Waals surface area contributed by atoms with Crippen molar-refractivity contribution in [3.8, 4) is 0 Å². The van der Waals surface area contributed by atoms with E-state index in [0.717, 1.165) is 0 Å². The van der Waals surface area contributed by atoms with Crippen LogP contribution in [0.3, 0.4) is 0 Å². The molecule has 0 aromatic rings. The highest BCUT2D eigenvalue weighted by Gasteiger charge is 2.27. The van der Waals surface area contributed by atoms with Crippen LogP contribution in [0.15, 0.2) is 0 Å². The third-order valence-electron chi connectivity index (χ3n) is 2.78. The minimum atomic E-state index is 0.00671. The Morgan fingerprint density at radius 2 is 2.06 bits per heavy atom. The third kappa shape index (κ3) is 6.61. The summed E-state index contributed by atoms with van der Waals surface area (Å²) >= 11 is 0. The number of nitrogens with one attached hydrogen (secondary N) is 1. The molecule has 0 aliphatic carbocycles. The molecule has 0 heterocycles. The van der Waals surface area contributed by atoms with Crippen molar-refractivity contribution in [1.82, 2.24) is 10.2 Å². The Morgan fingerprint density at radius 3 is 2.47 bits per heavy atom. The summed E-state index contributed by atoms with van der Waals surface area (Å²) in [6.07, 6.45) is 0. The molecule has 0 bridgehead atoms. The molecule has 0 saturated heterocycles. The molecule has 0 aliphatic heterocycles. The number of methoxy groups -OCH3 is 1. The number of ether oxygens (including phenoxy) is 1. The van der Waals surface area contributed by atoms with Gasteiger partial charge in [-0.3, -0.25) is 9.69 Å². The number of hydrogen-bond donors (Lipinski definition) is 2. The zero-order valence-electron chi connectivity index (χ0n) is 11.7. The topological polar surface area (TPSA) is 67.6 Å². The van der Waals surface area contributed by atoms with Gasteiger partial charge in [0, 0.05) is 26.2 Å². The molecule has 0 spiro atoms. The second-order valence-corrected chi connectivity index (χ2v) is 5.38. The van der Waals surface area contributed by atoms with E-state index in [4.69, 9.17) is 10.5 Å². The SMILES string of the molecule is COCCNC(=O)CN(C)C(CN)C(C)(C)C. The van der Waals surface area contributed by atoms with Crippen molar-refractivity contribution in [1.29, 1.82) is 0 Å². The first-order valence-electron chi connectivity index (χ1n) is 5.98. The highest BCUT2D eigenvalue weighted by atomic mass is 16.5. The number of carbonyl (C=O) groups excluding carboxylic acids is 1. The minimum Gasteiger partial charge on any atom is -0.383 e. The van der Waals surface area contributed by atoms with Crippen LogP contribution in [-0.2, 0) is 9.53 Å². The number of amides is 1. The second kappa shape index (κ2) is 7.63. The van der Waals surface area contributed by atoms with Crippen molar-refractivity contribution in [2.75, 3.05) is 40.4 Å². The maximum Gasteiger partial charge on any atom is 0.234 e. The van der Waals surface area contributed by atoms with Crippen LogP contribution in [0.1, 0.15) is 20.8 Å². The smallest absolute Gasteiger partial charge is 0.234 e. The van der Waals surface area contributed by atoms with E-state index in [2.05, 4.69) is 26.1 Å². The summed E-state index contributed by atoms with van der Waals surface area (Å²) in [5.74, 6) is 0.00671. The first-order chi connectivity index (χ1) is 7.82. The van der Waals surface area contributed by atoms with E-state index in [0.29, 0.717) is 26.2 Å². The monoisotopic (exact) mass is 245 g/mol. The first kappa shape index (κ1) is 16.4. The van der Waals surface area contributed by atoms with E-state index >= 15 is 0 Å². The molecule has 0 fully saturated rings. The van der Waals surface area contributed by atoms with Crippen molar-refractivity contribution >= 4 is 5.91 Å². The van der Waals surface area contributed by atoms with E-state index in [1.165, 1.54) is 0 Å². The fourth-order valence-corrected chi connectivity index (χ4v) is 1.88. The lowest BCUT2D eigenvalue weighted by Gasteiger charge is -2.36. The van der Waals surface area contributed by atoms with Gasteiger partial charge in [0.15, 0.2) is 0 Å². The molecule has 0 aromatic carbocycles. The summed E-state index contributed by atoms with van der Waals surface area (Å²) in [7, 11) is 3.54. The van der Waals surface area contributed by atoms with Gasteiger partial charge in [0.2, 0.25) is 5.91 Å². The summed E-state index contributed by atoms with van der Waals surface area (Å²) in [5.41, 5.74) is 5.83. The van der Waals surface area contributed by atoms with Crippen molar-refractivity contribution in [3.05, 3.63) is 0 Å². The number of likely N-dealkylation sites (N-methyl/N-ethyl adjacent to an activating group) is 1. The molecule has 5 heteroatoms. The molecular weight excluding hydrogens is 218 g/mol. The highest BCUT2D eigenvalue weighted by molar-refractivity contribution is 5.78. The molecule has 0 saturated carbocycles. The molecular formula is C12H27N3O2. The van der Waals surface area contributed by atoms with Crippen LogP contribution in [0.25, 0.3) is 0 Å². The quantitative estimate of drug-likeness (QED) is 0.622. The van der Waals surface area contributed by atoms with Gasteiger partial charge in [0.05, 0.1) is 13.2 Å². The van der Waals surface area contributed by atoms with E-state index in [-0.39, 0.29) is 17.4 Å². The van der Waals surface area contributed by atoms with Gasteiger partial charge in [0.1, 0.15) is 0 Å². The van der Waals surface area contributed by atoms with Gasteiger partial charge in [0.25, 0.3) is 0 Å². The van der Waals surface area contributed by atoms with Crippen LogP contribution in [0, 0.1) is 5.41 Å². The van der Waals surface area contributed by atoms with E-state index in [9.17, 15) is 4.79 Å². The molecule has 3 N–H and O–H groups in total. The first-order valence-corrected chi connectivity index (χ1v) is 5.98. The summed E-state index contributed by atoms with van der Waals surface area (Å²) in [4.78, 5) is 13.6. The van der Waals surface area contributed by atoms with Gasteiger partial charge in [-0.25, -0.2) is 0 Å². The number of hydrogen-bond acceptors (Lipinski definition) is 4. The molecule has 5 nitrogen and oxygen atoms in total. The molecule has 1 unspecified atom stereocenters. The Kier molecular flexibility index (Phi) is 7.34. The van der Waals surface area contributed by atoms with E-state index in [1.54, 1.807) is 7.11 Å². The summed E-state index contributed by atoms with van der Waals surface area (Å²) in [5, 5.41) is 2.80. The molecule has 102 valence electrons. The number of nitrogens with two attached hydrogens (primary N) is 1. The Hall–Kier alpha value is -0.650. The average molecular weight is 245 g/mol. The molecule has 0 rings (SSSR count). The zero-order valence-corrected chi connectivity index (χ0v) is 11.7. The lowest BCUT2D eigenvalue weighted by molar-refractivity contribution is -0.123. The predicted molar refractivity (Wildman–Crippen MR) is 69.8 cm³/mol. The molecule has 1 atom stereocenters. The highest BCUT2D eigenvalue weighted by Crippen LogP contribution is 2.22. The van der Waals surface area contributed by atoms with Gasteiger partial charge in [-0.15, -0.1) is 0 Å². The summed E-state index contributed by atoms with van der Waals surface area (Å²) < 4.78 is 4.87. The summed E-state index contributed by atoms with van der Waals surface area (Å²) in [6, 6.07) is 0.190. The predicted octanol–water partition coefficient (Wildman–Crippen LogP) is 0.0542. The van der Waals surface area contributed by atoms with Gasteiger partial charge in [-0.1, -0.05) is 20.8 Å². The minimum absolute atomic E-state index is 0.00671. The maximum atomic E-state index is 11.6. The summed E-state index contributed by atoms with van der Waals surface area (Å²) in [6.45, 7) is 8.38. The normalized spacial score (nSPS) is 13.8. The van der Waals surface area contributed by atoms with Gasteiger partial charge < -0.3 is 15.8 Å². The standard InChI is InChI=1S/C12H27N3O2/c1-12(2,3)10(8-13)15(4)9-11(16)14-6-7-17-5/h10H,6-9,13H2,1-5H3,(H,14,16). The van der Waals surface area contributed by atoms with Crippen LogP contribution in [0.4, 0.5) is 0 Å². The Labute approximate surface area is 105 Å². The Balaban J connectivity index is 4.13. The van der Waals surface area contributed by atoms with Crippen LogP contribution >= 0.6 is 0 Å². The molecule has 1 amide bonds. The van der Waals surface area contributed by atoms with Crippen molar-refractivity contribution in [3.63, 3.8) is 0 Å². The average Bonchev–Trinajstić information content (AvgIpc) is 2.16.